The first kappa shape index (κ1) is 18.2. The van der Waals surface area contributed by atoms with E-state index in [-0.39, 0.29) is 29.8 Å². The van der Waals surface area contributed by atoms with Crippen LogP contribution < -0.4 is 11.1 Å². The van der Waals surface area contributed by atoms with Crippen molar-refractivity contribution in [1.82, 2.24) is 14.1 Å². The Morgan fingerprint density at radius 2 is 1.59 bits per heavy atom. The Labute approximate surface area is 150 Å². The summed E-state index contributed by atoms with van der Waals surface area (Å²) in [7, 11) is 0. The van der Waals surface area contributed by atoms with Gasteiger partial charge in [-0.3, -0.25) is 14.6 Å². The molecule has 0 spiro atoms. The van der Waals surface area contributed by atoms with Gasteiger partial charge in [0.1, 0.15) is 0 Å². The zero-order valence-corrected chi connectivity index (χ0v) is 13.8. The van der Waals surface area contributed by atoms with Gasteiger partial charge in [-0.15, -0.1) is 0 Å². The molecule has 0 aliphatic carbocycles. The van der Waals surface area contributed by atoms with E-state index in [1.807, 2.05) is 0 Å². The molecule has 0 aliphatic heterocycles. The molecule has 3 rings (SSSR count). The second-order valence-electron chi connectivity index (χ2n) is 5.74. The van der Waals surface area contributed by atoms with E-state index >= 15 is 0 Å². The highest BCUT2D eigenvalue weighted by Crippen LogP contribution is 2.18. The topological polar surface area (TPSA) is 94.2 Å². The molecule has 1 N–H and O–H groups in total. The van der Waals surface area contributed by atoms with E-state index < -0.39 is 28.7 Å². The van der Waals surface area contributed by atoms with Crippen molar-refractivity contribution >= 4 is 5.97 Å². The monoisotopic (exact) mass is 373 g/mol. The third-order valence-corrected chi connectivity index (χ3v) is 3.95. The van der Waals surface area contributed by atoms with Gasteiger partial charge in [-0.05, 0) is 6.07 Å². The van der Waals surface area contributed by atoms with Crippen molar-refractivity contribution in [2.24, 2.45) is 0 Å². The van der Waals surface area contributed by atoms with Gasteiger partial charge < -0.3 is 14.2 Å². The summed E-state index contributed by atoms with van der Waals surface area (Å²) in [5.74, 6) is -3.55. The van der Waals surface area contributed by atoms with Crippen LogP contribution in [0.3, 0.4) is 0 Å². The molecule has 0 fully saturated rings. The van der Waals surface area contributed by atoms with E-state index in [9.17, 15) is 23.2 Å². The van der Waals surface area contributed by atoms with Gasteiger partial charge in [-0.25, -0.2) is 13.6 Å². The molecule has 0 bridgehead atoms. The number of rotatable bonds is 5. The van der Waals surface area contributed by atoms with Crippen molar-refractivity contribution in [3.8, 4) is 0 Å². The molecule has 0 aliphatic rings. The van der Waals surface area contributed by atoms with Crippen LogP contribution in [-0.2, 0) is 13.1 Å². The Bertz CT molecular complexity index is 1140. The third kappa shape index (κ3) is 3.81. The van der Waals surface area contributed by atoms with Crippen LogP contribution >= 0.6 is 0 Å². The van der Waals surface area contributed by atoms with Crippen LogP contribution in [0.25, 0.3) is 0 Å². The van der Waals surface area contributed by atoms with Crippen molar-refractivity contribution in [2.75, 3.05) is 0 Å². The van der Waals surface area contributed by atoms with Gasteiger partial charge in [-0.2, -0.15) is 0 Å². The van der Waals surface area contributed by atoms with Gasteiger partial charge in [0, 0.05) is 35.8 Å². The van der Waals surface area contributed by atoms with Crippen molar-refractivity contribution in [3.05, 3.63) is 98.1 Å². The number of benzene rings is 1. The summed E-state index contributed by atoms with van der Waals surface area (Å²) in [6, 6.07) is 4.78. The van der Waals surface area contributed by atoms with Crippen molar-refractivity contribution in [2.45, 2.75) is 13.1 Å². The van der Waals surface area contributed by atoms with Gasteiger partial charge in [0.25, 0.3) is 11.1 Å². The van der Waals surface area contributed by atoms with Crippen molar-refractivity contribution < 1.29 is 18.7 Å². The van der Waals surface area contributed by atoms with Gasteiger partial charge in [0.05, 0.1) is 24.8 Å². The molecule has 138 valence electrons. The number of aromatic nitrogens is 3. The average molecular weight is 373 g/mol. The summed E-state index contributed by atoms with van der Waals surface area (Å²) in [4.78, 5) is 38.1. The summed E-state index contributed by atoms with van der Waals surface area (Å²) >= 11 is 0. The molecule has 2 heterocycles. The second-order valence-corrected chi connectivity index (χ2v) is 5.74. The van der Waals surface area contributed by atoms with Crippen LogP contribution in [0.15, 0.2) is 58.6 Å². The number of halogens is 2. The predicted molar refractivity (Wildman–Crippen MR) is 90.7 cm³/mol. The first-order chi connectivity index (χ1) is 12.9. The van der Waals surface area contributed by atoms with E-state index in [4.69, 9.17) is 5.11 Å². The highest BCUT2D eigenvalue weighted by molar-refractivity contribution is 5.87. The first-order valence-electron chi connectivity index (χ1n) is 7.77. The maximum atomic E-state index is 14.4. The smallest absolute Gasteiger partial charge is 0.337 e. The molecule has 0 radical (unpaired) electrons. The van der Waals surface area contributed by atoms with Gasteiger partial charge in [-0.1, -0.05) is 12.1 Å². The minimum atomic E-state index is -1.24. The number of carboxylic acid groups (broad SMARTS) is 1. The second kappa shape index (κ2) is 7.32. The highest BCUT2D eigenvalue weighted by atomic mass is 19.2. The van der Waals surface area contributed by atoms with Crippen molar-refractivity contribution in [1.29, 1.82) is 0 Å². The lowest BCUT2D eigenvalue weighted by Crippen LogP contribution is -2.22. The van der Waals surface area contributed by atoms with E-state index in [1.165, 1.54) is 29.1 Å². The Hall–Kier alpha value is -3.62. The van der Waals surface area contributed by atoms with Gasteiger partial charge in [0.15, 0.2) is 11.6 Å². The zero-order valence-electron chi connectivity index (χ0n) is 13.8. The maximum Gasteiger partial charge on any atom is 0.337 e. The molecule has 1 aromatic carbocycles. The standard InChI is InChI=1S/C18H13F2N3O4/c19-16-11(8-22-6-5-21-7-15(22)25)1-2-12(17(16)20)9-23-10-13(18(26)27)3-4-14(23)24/h1-7,10H,8-9H2,(H,26,27). The normalized spacial score (nSPS) is 10.7. The minimum absolute atomic E-state index is 0.0452. The lowest BCUT2D eigenvalue weighted by atomic mass is 10.1. The Morgan fingerprint density at radius 1 is 0.963 bits per heavy atom. The lowest BCUT2D eigenvalue weighted by molar-refractivity contribution is 0.0696. The fraction of sp³-hybridized carbons (Fsp3) is 0.111. The molecule has 0 amide bonds. The fourth-order valence-corrected chi connectivity index (χ4v) is 2.53. The molecular formula is C18H13F2N3O4. The van der Waals surface area contributed by atoms with E-state index in [0.29, 0.717) is 0 Å². The SMILES string of the molecule is O=C(O)c1ccc(=O)n(Cc2ccc(Cn3ccncc3=O)c(F)c2F)c1. The Kier molecular flexibility index (Phi) is 4.93. The molecule has 9 heteroatoms. The summed E-state index contributed by atoms with van der Waals surface area (Å²) < 4.78 is 31.0. The molecule has 3 aromatic rings. The highest BCUT2D eigenvalue weighted by Gasteiger charge is 2.15. The molecule has 0 saturated heterocycles. The predicted octanol–water partition coefficient (Wildman–Crippen LogP) is 1.48. The Balaban J connectivity index is 1.93. The first-order valence-corrected chi connectivity index (χ1v) is 7.77. The molecule has 7 nitrogen and oxygen atoms in total. The van der Waals surface area contributed by atoms with Crippen LogP contribution in [-0.4, -0.2) is 25.2 Å². The molecular weight excluding hydrogens is 360 g/mol. The fourth-order valence-electron chi connectivity index (χ4n) is 2.53. The third-order valence-electron chi connectivity index (χ3n) is 3.95. The summed E-state index contributed by atoms with van der Waals surface area (Å²) in [5, 5.41) is 8.98. The number of nitrogens with zero attached hydrogens (tertiary/aromatic N) is 3. The number of aromatic carboxylic acids is 1. The van der Waals surface area contributed by atoms with Crippen molar-refractivity contribution in [3.63, 3.8) is 0 Å². The zero-order chi connectivity index (χ0) is 19.6. The van der Waals surface area contributed by atoms with Crippen LogP contribution in [0, 0.1) is 11.6 Å². The summed E-state index contributed by atoms with van der Waals surface area (Å²) in [6.07, 6.45) is 4.83. The van der Waals surface area contributed by atoms with E-state index in [2.05, 4.69) is 4.98 Å². The quantitative estimate of drug-likeness (QED) is 0.731. The Morgan fingerprint density at radius 3 is 2.19 bits per heavy atom. The number of hydrogen-bond donors (Lipinski definition) is 1. The number of hydrogen-bond acceptors (Lipinski definition) is 4. The van der Waals surface area contributed by atoms with Gasteiger partial charge in [0.2, 0.25) is 0 Å². The lowest BCUT2D eigenvalue weighted by Gasteiger charge is -2.11. The molecule has 27 heavy (non-hydrogen) atoms. The van der Waals surface area contributed by atoms with Crippen LogP contribution in [0.5, 0.6) is 0 Å². The number of carbonyl (C=O) groups is 1. The van der Waals surface area contributed by atoms with E-state index in [0.717, 1.165) is 29.1 Å². The van der Waals surface area contributed by atoms with Gasteiger partial charge >= 0.3 is 5.97 Å². The number of pyridine rings is 1. The molecule has 0 unspecified atom stereocenters. The molecule has 2 aromatic heterocycles. The van der Waals surface area contributed by atoms with E-state index in [1.54, 1.807) is 0 Å². The van der Waals surface area contributed by atoms with Crippen LogP contribution in [0.1, 0.15) is 21.5 Å². The van der Waals surface area contributed by atoms with Crippen LogP contribution in [0.4, 0.5) is 8.78 Å². The minimum Gasteiger partial charge on any atom is -0.478 e. The van der Waals surface area contributed by atoms with Crippen LogP contribution in [0.2, 0.25) is 0 Å². The molecule has 0 atom stereocenters. The summed E-state index contributed by atoms with van der Waals surface area (Å²) in [5.41, 5.74) is -1.33. The largest absolute Gasteiger partial charge is 0.478 e. The summed E-state index contributed by atoms with van der Waals surface area (Å²) in [6.45, 7) is -0.517. The number of carboxylic acids is 1. The maximum absolute atomic E-state index is 14.4. The molecule has 0 saturated carbocycles. The average Bonchev–Trinajstić information content (AvgIpc) is 2.64.